The summed E-state index contributed by atoms with van der Waals surface area (Å²) in [4.78, 5) is 25.3. The molecule has 1 atom stereocenters. The van der Waals surface area contributed by atoms with Crippen LogP contribution in [-0.2, 0) is 4.79 Å². The second-order valence-corrected chi connectivity index (χ2v) is 6.65. The first-order valence-corrected chi connectivity index (χ1v) is 8.16. The molecule has 2 rings (SSSR count). The van der Waals surface area contributed by atoms with Gasteiger partial charge in [0.1, 0.15) is 5.75 Å². The predicted molar refractivity (Wildman–Crippen MR) is 86.2 cm³/mol. The van der Waals surface area contributed by atoms with Crippen LogP contribution in [0.2, 0.25) is 0 Å². The Morgan fingerprint density at radius 2 is 2.14 bits per heavy atom. The van der Waals surface area contributed by atoms with E-state index in [-0.39, 0.29) is 24.5 Å². The normalized spacial score (nSPS) is 17.8. The number of carboxylic acids is 1. The molecule has 0 saturated carbocycles. The van der Waals surface area contributed by atoms with E-state index in [0.29, 0.717) is 17.9 Å². The van der Waals surface area contributed by atoms with Crippen LogP contribution in [0.25, 0.3) is 0 Å². The second-order valence-electron chi connectivity index (χ2n) is 5.73. The van der Waals surface area contributed by atoms with Gasteiger partial charge in [-0.3, -0.25) is 9.59 Å². The van der Waals surface area contributed by atoms with E-state index in [4.69, 9.17) is 9.84 Å². The van der Waals surface area contributed by atoms with Crippen molar-refractivity contribution < 1.29 is 19.4 Å². The average Bonchev–Trinajstić information content (AvgIpc) is 2.83. The predicted octanol–water partition coefficient (Wildman–Crippen LogP) is 3.32. The van der Waals surface area contributed by atoms with Gasteiger partial charge in [0.2, 0.25) is 0 Å². The fourth-order valence-electron chi connectivity index (χ4n) is 2.71. The van der Waals surface area contributed by atoms with Crippen molar-refractivity contribution in [3.8, 4) is 5.75 Å². The Balaban J connectivity index is 2.21. The van der Waals surface area contributed by atoms with Gasteiger partial charge in [0, 0.05) is 22.6 Å². The smallest absolute Gasteiger partial charge is 0.305 e. The van der Waals surface area contributed by atoms with Crippen LogP contribution in [0.5, 0.6) is 5.75 Å². The molecule has 1 N–H and O–H groups in total. The summed E-state index contributed by atoms with van der Waals surface area (Å²) in [5, 5.41) is 8.97. The summed E-state index contributed by atoms with van der Waals surface area (Å²) in [5.41, 5.74) is 0.516. The number of hydrogen-bond acceptors (Lipinski definition) is 3. The van der Waals surface area contributed by atoms with Gasteiger partial charge in [-0.25, -0.2) is 0 Å². The van der Waals surface area contributed by atoms with Gasteiger partial charge in [0.05, 0.1) is 12.5 Å². The summed E-state index contributed by atoms with van der Waals surface area (Å²) < 4.78 is 6.41. The van der Waals surface area contributed by atoms with Crippen molar-refractivity contribution in [3.63, 3.8) is 0 Å². The van der Waals surface area contributed by atoms with Gasteiger partial charge >= 0.3 is 5.97 Å². The van der Waals surface area contributed by atoms with Gasteiger partial charge in [-0.15, -0.1) is 0 Å². The minimum absolute atomic E-state index is 0.00487. The maximum absolute atomic E-state index is 12.7. The second kappa shape index (κ2) is 7.13. The fraction of sp³-hybridized carbons (Fsp3) is 0.500. The quantitative estimate of drug-likeness (QED) is 0.864. The highest BCUT2D eigenvalue weighted by Crippen LogP contribution is 2.27. The van der Waals surface area contributed by atoms with Crippen LogP contribution in [0.4, 0.5) is 0 Å². The number of carboxylic acid groups (broad SMARTS) is 1. The van der Waals surface area contributed by atoms with Crippen LogP contribution < -0.4 is 4.74 Å². The number of carbonyl (C=O) groups excluding carboxylic acids is 1. The summed E-state index contributed by atoms with van der Waals surface area (Å²) in [6.07, 6.45) is 1.59. The Morgan fingerprint density at radius 3 is 2.77 bits per heavy atom. The lowest BCUT2D eigenvalue weighted by molar-refractivity contribution is -0.137. The number of rotatable bonds is 5. The van der Waals surface area contributed by atoms with Crippen LogP contribution in [0.3, 0.4) is 0 Å². The molecule has 1 unspecified atom stereocenters. The van der Waals surface area contributed by atoms with Crippen LogP contribution in [-0.4, -0.2) is 40.6 Å². The van der Waals surface area contributed by atoms with Gasteiger partial charge < -0.3 is 14.7 Å². The Kier molecular flexibility index (Phi) is 5.45. The van der Waals surface area contributed by atoms with Crippen LogP contribution >= 0.6 is 15.9 Å². The molecule has 1 heterocycles. The number of ether oxygens (including phenoxy) is 1. The van der Waals surface area contributed by atoms with Gasteiger partial charge in [-0.1, -0.05) is 15.9 Å². The van der Waals surface area contributed by atoms with Gasteiger partial charge in [-0.05, 0) is 44.9 Å². The number of halogens is 1. The minimum Gasteiger partial charge on any atom is -0.491 e. The highest BCUT2D eigenvalue weighted by Gasteiger charge is 2.31. The lowest BCUT2D eigenvalue weighted by Crippen LogP contribution is -2.36. The Hall–Kier alpha value is -1.56. The summed E-state index contributed by atoms with van der Waals surface area (Å²) in [6.45, 7) is 4.45. The molecule has 1 aromatic carbocycles. The van der Waals surface area contributed by atoms with E-state index in [9.17, 15) is 9.59 Å². The zero-order valence-corrected chi connectivity index (χ0v) is 14.3. The third-order valence-electron chi connectivity index (χ3n) is 3.54. The molecule has 1 aliphatic rings. The summed E-state index contributed by atoms with van der Waals surface area (Å²) in [5.74, 6) is -0.386. The van der Waals surface area contributed by atoms with E-state index in [0.717, 1.165) is 17.3 Å². The SMILES string of the molecule is CC(C)Oc1cc(Br)cc(C(=O)N2CCCC2CC(=O)O)c1. The summed E-state index contributed by atoms with van der Waals surface area (Å²) in [6, 6.07) is 5.04. The summed E-state index contributed by atoms with van der Waals surface area (Å²) in [7, 11) is 0. The van der Waals surface area contributed by atoms with Crippen LogP contribution in [0.15, 0.2) is 22.7 Å². The molecule has 0 spiro atoms. The number of nitrogens with zero attached hydrogens (tertiary/aromatic N) is 1. The lowest BCUT2D eigenvalue weighted by atomic mass is 10.1. The number of carbonyl (C=O) groups is 2. The first-order chi connectivity index (χ1) is 10.4. The highest BCUT2D eigenvalue weighted by atomic mass is 79.9. The topological polar surface area (TPSA) is 66.8 Å². The van der Waals surface area contributed by atoms with Crippen molar-refractivity contribution in [1.29, 1.82) is 0 Å². The zero-order chi connectivity index (χ0) is 16.3. The van der Waals surface area contributed by atoms with Crippen molar-refractivity contribution in [1.82, 2.24) is 4.90 Å². The molecule has 1 aliphatic heterocycles. The number of likely N-dealkylation sites (tertiary alicyclic amines) is 1. The first kappa shape index (κ1) is 16.8. The monoisotopic (exact) mass is 369 g/mol. The van der Waals surface area contributed by atoms with E-state index >= 15 is 0 Å². The number of benzene rings is 1. The molecule has 1 amide bonds. The molecule has 0 aliphatic carbocycles. The average molecular weight is 370 g/mol. The molecule has 22 heavy (non-hydrogen) atoms. The highest BCUT2D eigenvalue weighted by molar-refractivity contribution is 9.10. The molecule has 0 aromatic heterocycles. The Morgan fingerprint density at radius 1 is 1.41 bits per heavy atom. The molecular weight excluding hydrogens is 350 g/mol. The van der Waals surface area contributed by atoms with Crippen LogP contribution in [0.1, 0.15) is 43.5 Å². The Bertz CT molecular complexity index is 573. The molecule has 0 bridgehead atoms. The standard InChI is InChI=1S/C16H20BrNO4/c1-10(2)22-14-7-11(6-12(17)8-14)16(21)18-5-3-4-13(18)9-15(19)20/h6-8,10,13H,3-5,9H2,1-2H3,(H,19,20). The van der Waals surface area contributed by atoms with Gasteiger partial charge in [0.25, 0.3) is 5.91 Å². The van der Waals surface area contributed by atoms with E-state index in [2.05, 4.69) is 15.9 Å². The minimum atomic E-state index is -0.872. The Labute approximate surface area is 138 Å². The summed E-state index contributed by atoms with van der Waals surface area (Å²) >= 11 is 3.39. The van der Waals surface area contributed by atoms with Crippen molar-refractivity contribution in [2.45, 2.75) is 45.3 Å². The number of amides is 1. The van der Waals surface area contributed by atoms with E-state index in [1.165, 1.54) is 0 Å². The molecule has 1 aromatic rings. The van der Waals surface area contributed by atoms with Gasteiger partial charge in [-0.2, -0.15) is 0 Å². The van der Waals surface area contributed by atoms with E-state index in [1.807, 2.05) is 19.9 Å². The van der Waals surface area contributed by atoms with E-state index < -0.39 is 5.97 Å². The molecule has 5 nitrogen and oxygen atoms in total. The molecule has 1 fully saturated rings. The third-order valence-corrected chi connectivity index (χ3v) is 4.00. The largest absolute Gasteiger partial charge is 0.491 e. The molecular formula is C16H20BrNO4. The van der Waals surface area contributed by atoms with Crippen molar-refractivity contribution >= 4 is 27.8 Å². The van der Waals surface area contributed by atoms with Crippen molar-refractivity contribution in [2.75, 3.05) is 6.54 Å². The van der Waals surface area contributed by atoms with Crippen molar-refractivity contribution in [2.24, 2.45) is 0 Å². The molecule has 0 radical (unpaired) electrons. The first-order valence-electron chi connectivity index (χ1n) is 7.37. The lowest BCUT2D eigenvalue weighted by Gasteiger charge is -2.24. The molecule has 1 saturated heterocycles. The number of hydrogen-bond donors (Lipinski definition) is 1. The zero-order valence-electron chi connectivity index (χ0n) is 12.7. The van der Waals surface area contributed by atoms with Crippen molar-refractivity contribution in [3.05, 3.63) is 28.2 Å². The fourth-order valence-corrected chi connectivity index (χ4v) is 3.18. The third kappa shape index (κ3) is 4.22. The van der Waals surface area contributed by atoms with E-state index in [1.54, 1.807) is 17.0 Å². The van der Waals surface area contributed by atoms with Crippen LogP contribution in [0, 0.1) is 0 Å². The molecule has 6 heteroatoms. The maximum Gasteiger partial charge on any atom is 0.305 e. The maximum atomic E-state index is 12.7. The number of aliphatic carboxylic acids is 1. The molecule has 120 valence electrons. The van der Waals surface area contributed by atoms with Gasteiger partial charge in [0.15, 0.2) is 0 Å².